The van der Waals surface area contributed by atoms with Gasteiger partial charge in [-0.05, 0) is 34.3 Å². The summed E-state index contributed by atoms with van der Waals surface area (Å²) in [4.78, 5) is 15.8. The van der Waals surface area contributed by atoms with Gasteiger partial charge in [0.25, 0.3) is 6.43 Å². The van der Waals surface area contributed by atoms with Gasteiger partial charge in [0.15, 0.2) is 5.69 Å². The monoisotopic (exact) mass is 351 g/mol. The maximum Gasteiger partial charge on any atom is 0.376 e. The van der Waals surface area contributed by atoms with Crippen molar-refractivity contribution in [2.24, 2.45) is 0 Å². The Morgan fingerprint density at radius 3 is 2.89 bits per heavy atom. The highest BCUT2D eigenvalue weighted by molar-refractivity contribution is 9.10. The summed E-state index contributed by atoms with van der Waals surface area (Å²) in [5, 5.41) is 1.75. The van der Waals surface area contributed by atoms with Crippen LogP contribution in [-0.4, -0.2) is 17.6 Å². The molecule has 0 N–H and O–H groups in total. The molecule has 0 radical (unpaired) electrons. The maximum absolute atomic E-state index is 12.8. The molecule has 8 heteroatoms. The first-order chi connectivity index (χ1) is 9.04. The third-order valence-corrected chi connectivity index (χ3v) is 3.96. The number of hydrogen-bond acceptors (Lipinski definition) is 5. The van der Waals surface area contributed by atoms with Crippen LogP contribution in [0.3, 0.4) is 0 Å². The molecule has 2 aromatic heterocycles. The molecule has 0 unspecified atom stereocenters. The molecule has 0 amide bonds. The number of carbonyl (C=O) groups excluding carboxylic acids is 1. The van der Waals surface area contributed by atoms with Gasteiger partial charge in [-0.15, -0.1) is 11.3 Å². The Hall–Kier alpha value is -1.28. The number of thiophene rings is 1. The second kappa shape index (κ2) is 5.79. The summed E-state index contributed by atoms with van der Waals surface area (Å²) >= 11 is 4.51. The van der Waals surface area contributed by atoms with Gasteiger partial charge >= 0.3 is 5.97 Å². The molecule has 0 saturated heterocycles. The Kier molecular flexibility index (Phi) is 4.31. The summed E-state index contributed by atoms with van der Waals surface area (Å²) in [7, 11) is 0. The van der Waals surface area contributed by atoms with Crippen LogP contribution in [-0.2, 0) is 4.74 Å². The molecule has 0 aliphatic heterocycles. The molecule has 0 fully saturated rings. The molecule has 0 aromatic carbocycles. The van der Waals surface area contributed by atoms with E-state index in [1.54, 1.807) is 18.4 Å². The fraction of sp³-hybridized carbons (Fsp3) is 0.273. The van der Waals surface area contributed by atoms with Gasteiger partial charge in [0.2, 0.25) is 11.7 Å². The molecular formula is C11H8BrF2NO3S. The maximum atomic E-state index is 12.8. The molecule has 0 aliphatic rings. The molecule has 0 saturated carbocycles. The largest absolute Gasteiger partial charge is 0.460 e. The fourth-order valence-corrected chi connectivity index (χ4v) is 2.83. The van der Waals surface area contributed by atoms with Gasteiger partial charge in [0.1, 0.15) is 4.88 Å². The van der Waals surface area contributed by atoms with Crippen LogP contribution >= 0.6 is 27.3 Å². The van der Waals surface area contributed by atoms with Crippen LogP contribution in [0.25, 0.3) is 10.8 Å². The molecular weight excluding hydrogens is 344 g/mol. The predicted octanol–water partition coefficient (Wildman–Crippen LogP) is 4.28. The van der Waals surface area contributed by atoms with Crippen LogP contribution in [0.15, 0.2) is 20.3 Å². The Morgan fingerprint density at radius 2 is 2.37 bits per heavy atom. The highest BCUT2D eigenvalue weighted by Gasteiger charge is 2.28. The van der Waals surface area contributed by atoms with E-state index >= 15 is 0 Å². The van der Waals surface area contributed by atoms with E-state index in [2.05, 4.69) is 25.7 Å². The van der Waals surface area contributed by atoms with Crippen molar-refractivity contribution in [2.75, 3.05) is 6.61 Å². The molecule has 0 bridgehead atoms. The molecule has 2 rings (SSSR count). The molecule has 19 heavy (non-hydrogen) atoms. The van der Waals surface area contributed by atoms with Gasteiger partial charge in [-0.1, -0.05) is 0 Å². The van der Waals surface area contributed by atoms with Crippen LogP contribution in [0.5, 0.6) is 0 Å². The number of hydrogen-bond donors (Lipinski definition) is 0. The zero-order valence-corrected chi connectivity index (χ0v) is 12.1. The lowest BCUT2D eigenvalue weighted by molar-refractivity contribution is 0.0476. The standard InChI is InChI=1S/C11H8BrF2NO3S/c1-2-17-11(16)7-6(9(13)14)15-10(18-7)8-5(12)3-4-19-8/h3-4,9H,2H2,1H3. The summed E-state index contributed by atoms with van der Waals surface area (Å²) in [5.41, 5.74) is -0.700. The SMILES string of the molecule is CCOC(=O)c1oc(-c2sccc2Br)nc1C(F)F. The number of esters is 1. The predicted molar refractivity (Wildman–Crippen MR) is 68.4 cm³/mol. The van der Waals surface area contributed by atoms with Crippen LogP contribution in [0.4, 0.5) is 8.78 Å². The van der Waals surface area contributed by atoms with Crippen molar-refractivity contribution in [1.82, 2.24) is 4.98 Å². The Bertz CT molecular complexity index is 597. The first-order valence-electron chi connectivity index (χ1n) is 5.24. The summed E-state index contributed by atoms with van der Waals surface area (Å²) in [5.74, 6) is -1.52. The summed E-state index contributed by atoms with van der Waals surface area (Å²) in [6.45, 7) is 1.65. The third kappa shape index (κ3) is 2.84. The van der Waals surface area contributed by atoms with E-state index < -0.39 is 23.8 Å². The number of aromatic nitrogens is 1. The van der Waals surface area contributed by atoms with Gasteiger partial charge in [-0.3, -0.25) is 0 Å². The number of halogens is 3. The van der Waals surface area contributed by atoms with E-state index in [-0.39, 0.29) is 12.5 Å². The summed E-state index contributed by atoms with van der Waals surface area (Å²) in [6, 6.07) is 1.73. The average Bonchev–Trinajstić information content (AvgIpc) is 2.94. The zero-order chi connectivity index (χ0) is 14.0. The minimum Gasteiger partial charge on any atom is -0.460 e. The quantitative estimate of drug-likeness (QED) is 0.771. The van der Waals surface area contributed by atoms with Crippen molar-refractivity contribution in [3.63, 3.8) is 0 Å². The minimum absolute atomic E-state index is 0.0276. The van der Waals surface area contributed by atoms with E-state index in [9.17, 15) is 13.6 Å². The van der Waals surface area contributed by atoms with Crippen LogP contribution in [0, 0.1) is 0 Å². The molecule has 102 valence electrons. The molecule has 2 aromatic rings. The van der Waals surface area contributed by atoms with Gasteiger partial charge in [-0.25, -0.2) is 18.6 Å². The van der Waals surface area contributed by atoms with Crippen LogP contribution in [0.1, 0.15) is 29.6 Å². The molecule has 0 atom stereocenters. The van der Waals surface area contributed by atoms with Crippen LogP contribution in [0.2, 0.25) is 0 Å². The van der Waals surface area contributed by atoms with Crippen molar-refractivity contribution >= 4 is 33.2 Å². The van der Waals surface area contributed by atoms with Gasteiger partial charge in [0, 0.05) is 4.47 Å². The lowest BCUT2D eigenvalue weighted by atomic mass is 10.3. The van der Waals surface area contributed by atoms with Crippen molar-refractivity contribution in [3.05, 3.63) is 27.4 Å². The van der Waals surface area contributed by atoms with Crippen LogP contribution < -0.4 is 0 Å². The van der Waals surface area contributed by atoms with E-state index in [4.69, 9.17) is 4.42 Å². The molecule has 2 heterocycles. The second-order valence-electron chi connectivity index (χ2n) is 3.35. The van der Waals surface area contributed by atoms with Gasteiger partial charge in [-0.2, -0.15) is 0 Å². The van der Waals surface area contributed by atoms with Gasteiger partial charge in [0.05, 0.1) is 6.61 Å². The van der Waals surface area contributed by atoms with E-state index in [0.29, 0.717) is 9.35 Å². The Labute approximate surface area is 119 Å². The van der Waals surface area contributed by atoms with E-state index in [1.807, 2.05) is 0 Å². The van der Waals surface area contributed by atoms with Crippen molar-refractivity contribution in [2.45, 2.75) is 13.3 Å². The molecule has 0 aliphatic carbocycles. The highest BCUT2D eigenvalue weighted by Crippen LogP contribution is 2.36. The fourth-order valence-electron chi connectivity index (χ4n) is 1.37. The first kappa shape index (κ1) is 14.1. The normalized spacial score (nSPS) is 11.0. The third-order valence-electron chi connectivity index (χ3n) is 2.13. The number of alkyl halides is 2. The number of nitrogens with zero attached hydrogens (tertiary/aromatic N) is 1. The first-order valence-corrected chi connectivity index (χ1v) is 6.91. The summed E-state index contributed by atoms with van der Waals surface area (Å²) in [6.07, 6.45) is -2.91. The van der Waals surface area contributed by atoms with Crippen molar-refractivity contribution in [3.8, 4) is 10.8 Å². The number of rotatable bonds is 4. The van der Waals surface area contributed by atoms with E-state index in [0.717, 1.165) is 0 Å². The lowest BCUT2D eigenvalue weighted by Gasteiger charge is -1.99. The molecule has 0 spiro atoms. The molecule has 4 nitrogen and oxygen atoms in total. The lowest BCUT2D eigenvalue weighted by Crippen LogP contribution is -2.06. The zero-order valence-electron chi connectivity index (χ0n) is 9.65. The smallest absolute Gasteiger partial charge is 0.376 e. The second-order valence-corrected chi connectivity index (χ2v) is 5.12. The number of carbonyl (C=O) groups is 1. The highest BCUT2D eigenvalue weighted by atomic mass is 79.9. The number of ether oxygens (including phenoxy) is 1. The Balaban J connectivity index is 2.46. The van der Waals surface area contributed by atoms with Crippen molar-refractivity contribution in [1.29, 1.82) is 0 Å². The van der Waals surface area contributed by atoms with Gasteiger partial charge < -0.3 is 9.15 Å². The topological polar surface area (TPSA) is 52.3 Å². The average molecular weight is 352 g/mol. The summed E-state index contributed by atoms with van der Waals surface area (Å²) < 4.78 is 36.1. The van der Waals surface area contributed by atoms with Crippen molar-refractivity contribution < 1.29 is 22.7 Å². The minimum atomic E-state index is -2.91. The number of oxazole rings is 1. The van der Waals surface area contributed by atoms with E-state index in [1.165, 1.54) is 11.3 Å². The Morgan fingerprint density at radius 1 is 1.63 bits per heavy atom.